The van der Waals surface area contributed by atoms with E-state index in [1.807, 2.05) is 0 Å². The molecule has 16 heavy (non-hydrogen) atoms. The number of rotatable bonds is 4. The van der Waals surface area contributed by atoms with Gasteiger partial charge in [0.05, 0.1) is 6.54 Å². The first-order chi connectivity index (χ1) is 7.75. The lowest BCUT2D eigenvalue weighted by Gasteiger charge is -2.06. The molecule has 5 heteroatoms. The van der Waals surface area contributed by atoms with Crippen molar-refractivity contribution < 1.29 is 0 Å². The van der Waals surface area contributed by atoms with E-state index in [4.69, 9.17) is 0 Å². The van der Waals surface area contributed by atoms with Gasteiger partial charge in [0.2, 0.25) is 0 Å². The van der Waals surface area contributed by atoms with Crippen molar-refractivity contribution in [2.75, 3.05) is 0 Å². The molecule has 0 aliphatic carbocycles. The van der Waals surface area contributed by atoms with Crippen LogP contribution < -0.4 is 5.32 Å². The summed E-state index contributed by atoms with van der Waals surface area (Å²) in [4.78, 5) is 4.04. The van der Waals surface area contributed by atoms with E-state index in [0.717, 1.165) is 16.8 Å². The first-order valence-electron chi connectivity index (χ1n) is 5.05. The maximum absolute atomic E-state index is 4.04. The molecule has 0 fully saturated rings. The van der Waals surface area contributed by atoms with E-state index < -0.39 is 0 Å². The number of benzene rings is 1. The van der Waals surface area contributed by atoms with Crippen molar-refractivity contribution in [1.29, 1.82) is 0 Å². The van der Waals surface area contributed by atoms with Crippen LogP contribution in [0.2, 0.25) is 0 Å². The minimum absolute atomic E-state index is 0.695. The van der Waals surface area contributed by atoms with Crippen LogP contribution in [0.4, 0.5) is 0 Å². The number of aromatic amines is 1. The number of nitrogens with zero attached hydrogens (tertiary/aromatic N) is 2. The molecule has 0 saturated heterocycles. The van der Waals surface area contributed by atoms with Crippen LogP contribution in [0.15, 0.2) is 29.0 Å². The van der Waals surface area contributed by atoms with Crippen LogP contribution in [0, 0.1) is 6.92 Å². The molecule has 0 bridgehead atoms. The van der Waals surface area contributed by atoms with Crippen molar-refractivity contribution in [3.05, 3.63) is 46.0 Å². The summed E-state index contributed by atoms with van der Waals surface area (Å²) in [5, 5.41) is 9.90. The van der Waals surface area contributed by atoms with Gasteiger partial charge in [-0.3, -0.25) is 5.10 Å². The Bertz CT molecular complexity index is 453. The van der Waals surface area contributed by atoms with Gasteiger partial charge in [-0.25, -0.2) is 4.98 Å². The molecular weight excluding hydrogens is 268 g/mol. The lowest BCUT2D eigenvalue weighted by atomic mass is 10.1. The maximum atomic E-state index is 4.04. The number of H-pyrrole nitrogens is 1. The second kappa shape index (κ2) is 5.23. The van der Waals surface area contributed by atoms with Gasteiger partial charge in [0.1, 0.15) is 12.2 Å². The largest absolute Gasteiger partial charge is 0.306 e. The fourth-order valence-electron chi connectivity index (χ4n) is 1.43. The molecule has 0 unspecified atom stereocenters. The van der Waals surface area contributed by atoms with Crippen molar-refractivity contribution in [3.63, 3.8) is 0 Å². The van der Waals surface area contributed by atoms with Gasteiger partial charge in [0.25, 0.3) is 0 Å². The predicted octanol–water partition coefficient (Wildman–Crippen LogP) is 2.17. The monoisotopic (exact) mass is 280 g/mol. The normalized spacial score (nSPS) is 10.6. The van der Waals surface area contributed by atoms with Gasteiger partial charge >= 0.3 is 0 Å². The fraction of sp³-hybridized carbons (Fsp3) is 0.273. The minimum Gasteiger partial charge on any atom is -0.306 e. The van der Waals surface area contributed by atoms with Crippen molar-refractivity contribution >= 4 is 15.9 Å². The summed E-state index contributed by atoms with van der Waals surface area (Å²) in [5.74, 6) is 0.850. The van der Waals surface area contributed by atoms with Crippen LogP contribution in [0.5, 0.6) is 0 Å². The fourth-order valence-corrected chi connectivity index (χ4v) is 2.06. The number of halogens is 1. The predicted molar refractivity (Wildman–Crippen MR) is 65.8 cm³/mol. The van der Waals surface area contributed by atoms with E-state index >= 15 is 0 Å². The van der Waals surface area contributed by atoms with Crippen molar-refractivity contribution in [2.24, 2.45) is 0 Å². The van der Waals surface area contributed by atoms with Crippen LogP contribution in [0.25, 0.3) is 0 Å². The van der Waals surface area contributed by atoms with E-state index in [2.05, 4.69) is 61.6 Å². The molecule has 4 nitrogen and oxygen atoms in total. The van der Waals surface area contributed by atoms with Gasteiger partial charge in [0.15, 0.2) is 0 Å². The van der Waals surface area contributed by atoms with Gasteiger partial charge < -0.3 is 5.32 Å². The first-order valence-corrected chi connectivity index (χ1v) is 5.85. The Morgan fingerprint density at radius 2 is 2.25 bits per heavy atom. The maximum Gasteiger partial charge on any atom is 0.138 e. The molecule has 0 aliphatic rings. The smallest absolute Gasteiger partial charge is 0.138 e. The summed E-state index contributed by atoms with van der Waals surface area (Å²) in [5.41, 5.74) is 2.50. The number of aromatic nitrogens is 3. The Morgan fingerprint density at radius 3 is 2.94 bits per heavy atom. The average Bonchev–Trinajstić information content (AvgIpc) is 2.74. The van der Waals surface area contributed by atoms with Crippen molar-refractivity contribution in [2.45, 2.75) is 20.0 Å². The quantitative estimate of drug-likeness (QED) is 0.903. The Kier molecular flexibility index (Phi) is 3.69. The average molecular weight is 281 g/mol. The molecule has 1 aromatic heterocycles. The van der Waals surface area contributed by atoms with Crippen molar-refractivity contribution in [1.82, 2.24) is 20.5 Å². The number of hydrogen-bond donors (Lipinski definition) is 2. The molecule has 1 heterocycles. The summed E-state index contributed by atoms with van der Waals surface area (Å²) in [6.45, 7) is 3.58. The molecule has 0 saturated carbocycles. The molecule has 0 atom stereocenters. The second-order valence-corrected chi connectivity index (χ2v) is 4.48. The number of nitrogens with one attached hydrogen (secondary N) is 2. The van der Waals surface area contributed by atoms with E-state index in [1.165, 1.54) is 17.5 Å². The van der Waals surface area contributed by atoms with Crippen LogP contribution in [0.3, 0.4) is 0 Å². The highest BCUT2D eigenvalue weighted by Crippen LogP contribution is 2.17. The summed E-state index contributed by atoms with van der Waals surface area (Å²) < 4.78 is 1.14. The van der Waals surface area contributed by atoms with Crippen molar-refractivity contribution in [3.8, 4) is 0 Å². The minimum atomic E-state index is 0.695. The summed E-state index contributed by atoms with van der Waals surface area (Å²) in [6.07, 6.45) is 1.51. The van der Waals surface area contributed by atoms with Gasteiger partial charge in [-0.2, -0.15) is 5.10 Å². The zero-order valence-electron chi connectivity index (χ0n) is 9.00. The van der Waals surface area contributed by atoms with Crippen LogP contribution >= 0.6 is 15.9 Å². The molecule has 0 aliphatic heterocycles. The third-order valence-corrected chi connectivity index (χ3v) is 3.02. The SMILES string of the molecule is Cc1ccc(CNCc2ncn[nH]2)c(Br)c1. The molecule has 2 N–H and O–H groups in total. The second-order valence-electron chi connectivity index (χ2n) is 3.63. The number of aryl methyl sites for hydroxylation is 1. The molecule has 2 aromatic rings. The third-order valence-electron chi connectivity index (χ3n) is 2.28. The van der Waals surface area contributed by atoms with Crippen LogP contribution in [-0.2, 0) is 13.1 Å². The van der Waals surface area contributed by atoms with E-state index in [9.17, 15) is 0 Å². The molecule has 0 radical (unpaired) electrons. The Hall–Kier alpha value is -1.20. The first kappa shape index (κ1) is 11.3. The summed E-state index contributed by atoms with van der Waals surface area (Å²) in [6, 6.07) is 6.34. The summed E-state index contributed by atoms with van der Waals surface area (Å²) in [7, 11) is 0. The van der Waals surface area contributed by atoms with Gasteiger partial charge in [-0.05, 0) is 24.1 Å². The zero-order valence-corrected chi connectivity index (χ0v) is 10.6. The van der Waals surface area contributed by atoms with Gasteiger partial charge in [-0.15, -0.1) is 0 Å². The number of hydrogen-bond acceptors (Lipinski definition) is 3. The molecule has 0 spiro atoms. The highest BCUT2D eigenvalue weighted by atomic mass is 79.9. The van der Waals surface area contributed by atoms with Gasteiger partial charge in [0, 0.05) is 11.0 Å². The van der Waals surface area contributed by atoms with Crippen LogP contribution in [-0.4, -0.2) is 15.2 Å². The molecule has 0 amide bonds. The van der Waals surface area contributed by atoms with E-state index in [0.29, 0.717) is 6.54 Å². The molecular formula is C11H13BrN4. The molecule has 2 rings (SSSR count). The Labute approximate surface area is 103 Å². The zero-order chi connectivity index (χ0) is 11.4. The van der Waals surface area contributed by atoms with E-state index in [-0.39, 0.29) is 0 Å². The standard InChI is InChI=1S/C11H13BrN4/c1-8-2-3-9(10(12)4-8)5-13-6-11-14-7-15-16-11/h2-4,7,13H,5-6H2,1H3,(H,14,15,16). The topological polar surface area (TPSA) is 53.6 Å². The third kappa shape index (κ3) is 2.90. The van der Waals surface area contributed by atoms with Crippen LogP contribution in [0.1, 0.15) is 17.0 Å². The summed E-state index contributed by atoms with van der Waals surface area (Å²) >= 11 is 3.55. The Balaban J connectivity index is 1.90. The molecule has 1 aromatic carbocycles. The van der Waals surface area contributed by atoms with E-state index in [1.54, 1.807) is 0 Å². The highest BCUT2D eigenvalue weighted by molar-refractivity contribution is 9.10. The van der Waals surface area contributed by atoms with Gasteiger partial charge in [-0.1, -0.05) is 28.1 Å². The lowest BCUT2D eigenvalue weighted by Crippen LogP contribution is -2.14. The molecule has 84 valence electrons. The Morgan fingerprint density at radius 1 is 1.38 bits per heavy atom. The lowest BCUT2D eigenvalue weighted by molar-refractivity contribution is 0.663. The highest BCUT2D eigenvalue weighted by Gasteiger charge is 2.00.